The van der Waals surface area contributed by atoms with Gasteiger partial charge in [0.2, 0.25) is 0 Å². The first-order valence-electron chi connectivity index (χ1n) is 5.25. The molecule has 1 N–H and O–H groups in total. The quantitative estimate of drug-likeness (QED) is 0.747. The van der Waals surface area contributed by atoms with Crippen LogP contribution < -0.4 is 0 Å². The van der Waals surface area contributed by atoms with Crippen molar-refractivity contribution < 1.29 is 19.4 Å². The third-order valence-corrected chi connectivity index (χ3v) is 4.56. The number of Topliss-reactive ketones (excluding diaryl/α,β-unsaturated/α-hetero) is 1. The summed E-state index contributed by atoms with van der Waals surface area (Å²) < 4.78 is 5.62. The average molecular weight is 212 g/mol. The van der Waals surface area contributed by atoms with Gasteiger partial charge >= 0.3 is 5.97 Å². The predicted octanol–water partition coefficient (Wildman–Crippen LogP) is 1.23. The Kier molecular flexibility index (Phi) is 1.99. The number of hydrogen-bond donors (Lipinski definition) is 1. The van der Waals surface area contributed by atoms with Crippen LogP contribution >= 0.6 is 0 Å². The van der Waals surface area contributed by atoms with Crippen molar-refractivity contribution in [1.82, 2.24) is 0 Å². The van der Waals surface area contributed by atoms with E-state index >= 15 is 0 Å². The second-order valence-corrected chi connectivity index (χ2v) is 4.96. The molecule has 0 amide bonds. The number of rotatable bonds is 2. The summed E-state index contributed by atoms with van der Waals surface area (Å²) in [4.78, 5) is 23.1. The van der Waals surface area contributed by atoms with Crippen molar-refractivity contribution in [2.75, 3.05) is 0 Å². The van der Waals surface area contributed by atoms with E-state index in [0.29, 0.717) is 0 Å². The van der Waals surface area contributed by atoms with E-state index < -0.39 is 16.8 Å². The minimum atomic E-state index is -1.07. The minimum absolute atomic E-state index is 0.0837. The third kappa shape index (κ3) is 0.956. The van der Waals surface area contributed by atoms with Crippen LogP contribution in [-0.2, 0) is 14.3 Å². The lowest BCUT2D eigenvalue weighted by Crippen LogP contribution is -2.55. The first-order chi connectivity index (χ1) is 6.85. The fourth-order valence-corrected chi connectivity index (χ4v) is 3.11. The fourth-order valence-electron chi connectivity index (χ4n) is 3.11. The Hall–Kier alpha value is -0.900. The summed E-state index contributed by atoms with van der Waals surface area (Å²) in [6.07, 6.45) is 1.01. The zero-order valence-electron chi connectivity index (χ0n) is 9.24. The molecule has 4 heteroatoms. The minimum Gasteiger partial charge on any atom is -0.481 e. The molecule has 2 aliphatic heterocycles. The van der Waals surface area contributed by atoms with E-state index in [4.69, 9.17) is 4.74 Å². The Morgan fingerprint density at radius 1 is 1.20 bits per heavy atom. The molecule has 2 saturated heterocycles. The number of hydrogen-bond acceptors (Lipinski definition) is 3. The molecule has 2 rings (SSSR count). The van der Waals surface area contributed by atoms with Gasteiger partial charge in [0.1, 0.15) is 11.2 Å². The van der Waals surface area contributed by atoms with Gasteiger partial charge in [0.05, 0.1) is 17.6 Å². The van der Waals surface area contributed by atoms with Gasteiger partial charge in [0.25, 0.3) is 0 Å². The van der Waals surface area contributed by atoms with Crippen molar-refractivity contribution in [3.05, 3.63) is 0 Å². The highest BCUT2D eigenvalue weighted by molar-refractivity contribution is 5.92. The summed E-state index contributed by atoms with van der Waals surface area (Å²) in [7, 11) is 0. The highest BCUT2D eigenvalue weighted by Crippen LogP contribution is 2.59. The first-order valence-corrected chi connectivity index (χ1v) is 5.25. The largest absolute Gasteiger partial charge is 0.481 e. The maximum Gasteiger partial charge on any atom is 0.313 e. The van der Waals surface area contributed by atoms with E-state index in [0.717, 1.165) is 12.8 Å². The number of fused-ring (bicyclic) bond motifs is 2. The molecule has 0 saturated carbocycles. The molecule has 0 aliphatic carbocycles. The van der Waals surface area contributed by atoms with E-state index in [1.54, 1.807) is 13.8 Å². The first kappa shape index (κ1) is 10.6. The van der Waals surface area contributed by atoms with E-state index in [-0.39, 0.29) is 18.0 Å². The monoisotopic (exact) mass is 212 g/mol. The third-order valence-electron chi connectivity index (χ3n) is 4.56. The molecule has 2 bridgehead atoms. The highest BCUT2D eigenvalue weighted by Gasteiger charge is 2.70. The SMILES string of the molecule is CC(=O)C1(C)C2CCC(O2)C1(C)C(=O)O. The zero-order chi connectivity index (χ0) is 11.4. The smallest absolute Gasteiger partial charge is 0.313 e. The van der Waals surface area contributed by atoms with E-state index in [1.165, 1.54) is 6.92 Å². The van der Waals surface area contributed by atoms with E-state index in [9.17, 15) is 14.7 Å². The maximum atomic E-state index is 11.7. The van der Waals surface area contributed by atoms with Crippen molar-refractivity contribution >= 4 is 11.8 Å². The highest BCUT2D eigenvalue weighted by atomic mass is 16.5. The van der Waals surface area contributed by atoms with Gasteiger partial charge in [-0.25, -0.2) is 0 Å². The van der Waals surface area contributed by atoms with Crippen LogP contribution in [0.3, 0.4) is 0 Å². The summed E-state index contributed by atoms with van der Waals surface area (Å²) in [5, 5.41) is 9.35. The van der Waals surface area contributed by atoms with Crippen LogP contribution in [0.2, 0.25) is 0 Å². The van der Waals surface area contributed by atoms with Crippen molar-refractivity contribution in [1.29, 1.82) is 0 Å². The molecule has 2 fully saturated rings. The van der Waals surface area contributed by atoms with Gasteiger partial charge in [0.15, 0.2) is 0 Å². The molecule has 0 aromatic rings. The van der Waals surface area contributed by atoms with Crippen LogP contribution in [0.5, 0.6) is 0 Å². The van der Waals surface area contributed by atoms with Crippen molar-refractivity contribution in [2.45, 2.75) is 45.8 Å². The number of aliphatic carboxylic acids is 1. The lowest BCUT2D eigenvalue weighted by atomic mass is 9.56. The zero-order valence-corrected chi connectivity index (χ0v) is 9.24. The summed E-state index contributed by atoms with van der Waals surface area (Å²) in [6.45, 7) is 4.83. The average Bonchev–Trinajstić information content (AvgIpc) is 2.69. The van der Waals surface area contributed by atoms with Crippen LogP contribution in [0, 0.1) is 10.8 Å². The van der Waals surface area contributed by atoms with Gasteiger partial charge in [-0.15, -0.1) is 0 Å². The number of ether oxygens (including phenoxy) is 1. The Morgan fingerprint density at radius 3 is 2.00 bits per heavy atom. The number of carboxylic acid groups (broad SMARTS) is 1. The molecule has 0 radical (unpaired) electrons. The fraction of sp³-hybridized carbons (Fsp3) is 0.818. The molecule has 0 aromatic carbocycles. The van der Waals surface area contributed by atoms with Crippen LogP contribution in [0.25, 0.3) is 0 Å². The summed E-state index contributed by atoms with van der Waals surface area (Å²) >= 11 is 0. The number of carboxylic acids is 1. The summed E-state index contributed by atoms with van der Waals surface area (Å²) in [6, 6.07) is 0. The molecule has 2 aliphatic rings. The van der Waals surface area contributed by atoms with Crippen LogP contribution in [0.4, 0.5) is 0 Å². The second-order valence-electron chi connectivity index (χ2n) is 4.96. The van der Waals surface area contributed by atoms with Crippen LogP contribution in [0.1, 0.15) is 33.6 Å². The molecule has 4 atom stereocenters. The lowest BCUT2D eigenvalue weighted by molar-refractivity contribution is -0.162. The van der Waals surface area contributed by atoms with Gasteiger partial charge in [-0.05, 0) is 33.6 Å². The van der Waals surface area contributed by atoms with Crippen molar-refractivity contribution in [2.24, 2.45) is 10.8 Å². The van der Waals surface area contributed by atoms with Crippen molar-refractivity contribution in [3.8, 4) is 0 Å². The topological polar surface area (TPSA) is 63.6 Å². The van der Waals surface area contributed by atoms with Gasteiger partial charge in [-0.1, -0.05) is 0 Å². The molecule has 4 unspecified atom stereocenters. The molecular formula is C11H16O4. The summed E-state index contributed by atoms with van der Waals surface area (Å²) in [5.74, 6) is -1.01. The van der Waals surface area contributed by atoms with E-state index in [1.807, 2.05) is 0 Å². The van der Waals surface area contributed by atoms with Crippen LogP contribution in [0.15, 0.2) is 0 Å². The molecule has 2 heterocycles. The van der Waals surface area contributed by atoms with Gasteiger partial charge in [0, 0.05) is 0 Å². The second kappa shape index (κ2) is 2.82. The van der Waals surface area contributed by atoms with Gasteiger partial charge < -0.3 is 9.84 Å². The number of carbonyl (C=O) groups is 2. The molecule has 84 valence electrons. The Morgan fingerprint density at radius 2 is 1.67 bits per heavy atom. The standard InChI is InChI=1S/C11H16O4/c1-6(12)10(2)7-4-5-8(15-7)11(10,3)9(13)14/h7-8H,4-5H2,1-3H3,(H,13,14). The van der Waals surface area contributed by atoms with Crippen molar-refractivity contribution in [3.63, 3.8) is 0 Å². The predicted molar refractivity (Wildman–Crippen MR) is 52.4 cm³/mol. The molecular weight excluding hydrogens is 196 g/mol. The number of carbonyl (C=O) groups excluding carboxylic acids is 1. The molecule has 15 heavy (non-hydrogen) atoms. The Balaban J connectivity index is 2.53. The molecule has 0 spiro atoms. The maximum absolute atomic E-state index is 11.7. The van der Waals surface area contributed by atoms with Gasteiger partial charge in [-0.2, -0.15) is 0 Å². The van der Waals surface area contributed by atoms with E-state index in [2.05, 4.69) is 0 Å². The lowest BCUT2D eigenvalue weighted by Gasteiger charge is -2.41. The van der Waals surface area contributed by atoms with Crippen LogP contribution in [-0.4, -0.2) is 29.1 Å². The molecule has 4 nitrogen and oxygen atoms in total. The Bertz CT molecular complexity index is 305. The normalized spacial score (nSPS) is 48.2. The Labute approximate surface area is 88.6 Å². The summed E-state index contributed by atoms with van der Waals surface area (Å²) in [5.41, 5.74) is -1.94. The van der Waals surface area contributed by atoms with Gasteiger partial charge in [-0.3, -0.25) is 9.59 Å². The number of ketones is 1. The molecule has 0 aromatic heterocycles.